The predicted octanol–water partition coefficient (Wildman–Crippen LogP) is 1.92. The molecule has 0 bridgehead atoms. The van der Waals surface area contributed by atoms with Crippen LogP contribution in [0.3, 0.4) is 0 Å². The number of likely N-dealkylation sites (N-methyl/N-ethyl adjacent to an activating group) is 1. The van der Waals surface area contributed by atoms with E-state index in [2.05, 4.69) is 29.1 Å². The maximum Gasteiger partial charge on any atom is 0.193 e. The van der Waals surface area contributed by atoms with Crippen molar-refractivity contribution in [2.24, 2.45) is 10.4 Å². The number of nitrogens with zero attached hydrogens (tertiary/aromatic N) is 3. The minimum Gasteiger partial charge on any atom is -0.357 e. The first-order valence-corrected chi connectivity index (χ1v) is 8.46. The number of rotatable bonds is 3. The molecule has 20 heavy (non-hydrogen) atoms. The fourth-order valence-electron chi connectivity index (χ4n) is 4.03. The van der Waals surface area contributed by atoms with E-state index in [0.29, 0.717) is 11.5 Å². The second kappa shape index (κ2) is 5.92. The van der Waals surface area contributed by atoms with Crippen LogP contribution in [0.2, 0.25) is 0 Å². The normalized spacial score (nSPS) is 30.0. The molecule has 0 amide bonds. The predicted molar refractivity (Wildman–Crippen MR) is 84.1 cm³/mol. The molecule has 1 N–H and O–H groups in total. The van der Waals surface area contributed by atoms with E-state index in [-0.39, 0.29) is 0 Å². The van der Waals surface area contributed by atoms with Crippen molar-refractivity contribution >= 4 is 5.96 Å². The van der Waals surface area contributed by atoms with Crippen LogP contribution in [-0.2, 0) is 0 Å². The molecule has 0 aromatic rings. The van der Waals surface area contributed by atoms with Gasteiger partial charge in [0.2, 0.25) is 0 Å². The summed E-state index contributed by atoms with van der Waals surface area (Å²) in [6.07, 6.45) is 8.33. The van der Waals surface area contributed by atoms with Crippen LogP contribution >= 0.6 is 0 Å². The molecule has 3 aliphatic rings. The molecule has 1 aliphatic carbocycles. The van der Waals surface area contributed by atoms with Crippen LogP contribution in [0.5, 0.6) is 0 Å². The highest BCUT2D eigenvalue weighted by Gasteiger charge is 2.43. The standard InChI is InChI=1S/C16H30N4/c1-3-17-15(18-12-14-6-4-10-19(14)2)20-11-9-16(13-20)7-5-8-16/h14H,3-13H2,1-2H3,(H,17,18). The maximum absolute atomic E-state index is 4.94. The zero-order valence-electron chi connectivity index (χ0n) is 13.2. The molecule has 1 atom stereocenters. The number of likely N-dealkylation sites (tertiary alicyclic amines) is 2. The van der Waals surface area contributed by atoms with Crippen molar-refractivity contribution < 1.29 is 0 Å². The third-order valence-electron chi connectivity index (χ3n) is 5.61. The molecule has 2 aliphatic heterocycles. The number of nitrogens with one attached hydrogen (secondary N) is 1. The molecular weight excluding hydrogens is 248 g/mol. The molecule has 4 heteroatoms. The molecule has 0 aromatic heterocycles. The Morgan fingerprint density at radius 2 is 2.10 bits per heavy atom. The highest BCUT2D eigenvalue weighted by molar-refractivity contribution is 5.80. The second-order valence-electron chi connectivity index (χ2n) is 7.00. The smallest absolute Gasteiger partial charge is 0.193 e. The van der Waals surface area contributed by atoms with Crippen molar-refractivity contribution in [2.75, 3.05) is 39.8 Å². The topological polar surface area (TPSA) is 30.9 Å². The Morgan fingerprint density at radius 1 is 1.25 bits per heavy atom. The van der Waals surface area contributed by atoms with Crippen molar-refractivity contribution in [2.45, 2.75) is 51.5 Å². The largest absolute Gasteiger partial charge is 0.357 e. The zero-order valence-corrected chi connectivity index (χ0v) is 13.2. The Balaban J connectivity index is 1.59. The summed E-state index contributed by atoms with van der Waals surface area (Å²) in [6.45, 7) is 7.78. The van der Waals surface area contributed by atoms with Crippen LogP contribution in [0.1, 0.15) is 45.4 Å². The van der Waals surface area contributed by atoms with E-state index < -0.39 is 0 Å². The van der Waals surface area contributed by atoms with Gasteiger partial charge in [0, 0.05) is 25.7 Å². The highest BCUT2D eigenvalue weighted by Crippen LogP contribution is 2.47. The lowest BCUT2D eigenvalue weighted by atomic mass is 9.68. The molecule has 2 saturated heterocycles. The van der Waals surface area contributed by atoms with Gasteiger partial charge in [0.1, 0.15) is 0 Å². The zero-order chi connectivity index (χ0) is 14.0. The summed E-state index contributed by atoms with van der Waals surface area (Å²) >= 11 is 0. The summed E-state index contributed by atoms with van der Waals surface area (Å²) in [5, 5.41) is 3.51. The van der Waals surface area contributed by atoms with Gasteiger partial charge in [0.05, 0.1) is 6.54 Å². The monoisotopic (exact) mass is 278 g/mol. The van der Waals surface area contributed by atoms with E-state index in [1.165, 1.54) is 58.2 Å². The van der Waals surface area contributed by atoms with Crippen molar-refractivity contribution in [3.8, 4) is 0 Å². The second-order valence-corrected chi connectivity index (χ2v) is 7.00. The SMILES string of the molecule is CCNC(=NCC1CCCN1C)N1CCC2(CCC2)C1. The van der Waals surface area contributed by atoms with Crippen molar-refractivity contribution in [3.63, 3.8) is 0 Å². The van der Waals surface area contributed by atoms with E-state index in [4.69, 9.17) is 4.99 Å². The number of hydrogen-bond donors (Lipinski definition) is 1. The van der Waals surface area contributed by atoms with E-state index in [9.17, 15) is 0 Å². The molecule has 2 heterocycles. The van der Waals surface area contributed by atoms with E-state index in [0.717, 1.165) is 19.0 Å². The fourth-order valence-corrected chi connectivity index (χ4v) is 4.03. The van der Waals surface area contributed by atoms with Gasteiger partial charge in [-0.1, -0.05) is 6.42 Å². The van der Waals surface area contributed by atoms with Crippen LogP contribution < -0.4 is 5.32 Å². The molecule has 1 spiro atoms. The lowest BCUT2D eigenvalue weighted by Crippen LogP contribution is -2.43. The summed E-state index contributed by atoms with van der Waals surface area (Å²) in [7, 11) is 2.24. The third-order valence-corrected chi connectivity index (χ3v) is 5.61. The summed E-state index contributed by atoms with van der Waals surface area (Å²) in [4.78, 5) is 9.92. The van der Waals surface area contributed by atoms with Crippen LogP contribution in [-0.4, -0.2) is 61.6 Å². The van der Waals surface area contributed by atoms with Gasteiger partial charge >= 0.3 is 0 Å². The van der Waals surface area contributed by atoms with Gasteiger partial charge in [-0.2, -0.15) is 0 Å². The Bertz CT molecular complexity index is 361. The molecule has 1 saturated carbocycles. The molecule has 114 valence electrons. The highest BCUT2D eigenvalue weighted by atomic mass is 15.3. The summed E-state index contributed by atoms with van der Waals surface area (Å²) in [6, 6.07) is 0.656. The molecule has 0 radical (unpaired) electrons. The average Bonchev–Trinajstić information content (AvgIpc) is 3.01. The number of aliphatic imine (C=N–C) groups is 1. The van der Waals surface area contributed by atoms with Crippen molar-refractivity contribution in [3.05, 3.63) is 0 Å². The Hall–Kier alpha value is -0.770. The average molecular weight is 278 g/mol. The Labute approximate surface area is 123 Å². The van der Waals surface area contributed by atoms with E-state index in [1.54, 1.807) is 0 Å². The fraction of sp³-hybridized carbons (Fsp3) is 0.938. The van der Waals surface area contributed by atoms with Gasteiger partial charge in [-0.25, -0.2) is 0 Å². The summed E-state index contributed by atoms with van der Waals surface area (Å²) < 4.78 is 0. The molecule has 4 nitrogen and oxygen atoms in total. The van der Waals surface area contributed by atoms with Crippen LogP contribution in [0.15, 0.2) is 4.99 Å². The van der Waals surface area contributed by atoms with Gasteiger partial charge in [0.15, 0.2) is 5.96 Å². The van der Waals surface area contributed by atoms with Crippen molar-refractivity contribution in [1.82, 2.24) is 15.1 Å². The minimum atomic E-state index is 0.653. The van der Waals surface area contributed by atoms with E-state index in [1.807, 2.05) is 0 Å². The lowest BCUT2D eigenvalue weighted by Gasteiger charge is -2.38. The van der Waals surface area contributed by atoms with Gasteiger partial charge in [0.25, 0.3) is 0 Å². The van der Waals surface area contributed by atoms with E-state index >= 15 is 0 Å². The molecule has 1 unspecified atom stereocenters. The molecule has 0 aromatic carbocycles. The first-order valence-electron chi connectivity index (χ1n) is 8.46. The van der Waals surface area contributed by atoms with Crippen molar-refractivity contribution in [1.29, 1.82) is 0 Å². The first kappa shape index (κ1) is 14.2. The summed E-state index contributed by atoms with van der Waals surface area (Å²) in [5.74, 6) is 1.16. The van der Waals surface area contributed by atoms with Crippen LogP contribution in [0.25, 0.3) is 0 Å². The molecule has 3 rings (SSSR count). The van der Waals surface area contributed by atoms with Crippen LogP contribution in [0.4, 0.5) is 0 Å². The van der Waals surface area contributed by atoms with Gasteiger partial charge < -0.3 is 15.1 Å². The summed E-state index contributed by atoms with van der Waals surface area (Å²) in [5.41, 5.74) is 0.653. The molecular formula is C16H30N4. The quantitative estimate of drug-likeness (QED) is 0.632. The first-order chi connectivity index (χ1) is 9.72. The molecule has 3 fully saturated rings. The van der Waals surface area contributed by atoms with Gasteiger partial charge in [-0.15, -0.1) is 0 Å². The maximum atomic E-state index is 4.94. The number of guanidine groups is 1. The van der Waals surface area contributed by atoms with Crippen LogP contribution in [0, 0.1) is 5.41 Å². The van der Waals surface area contributed by atoms with Gasteiger partial charge in [-0.05, 0) is 58.0 Å². The third kappa shape index (κ3) is 2.80. The van der Waals surface area contributed by atoms with Gasteiger partial charge in [-0.3, -0.25) is 4.99 Å². The minimum absolute atomic E-state index is 0.653. The Kier molecular flexibility index (Phi) is 4.20. The Morgan fingerprint density at radius 3 is 2.65 bits per heavy atom. The lowest BCUT2D eigenvalue weighted by molar-refractivity contribution is 0.151. The number of hydrogen-bond acceptors (Lipinski definition) is 2.